The van der Waals surface area contributed by atoms with Crippen LogP contribution in [0.2, 0.25) is 0 Å². The van der Waals surface area contributed by atoms with Crippen LogP contribution in [0, 0.1) is 6.92 Å². The van der Waals surface area contributed by atoms with Crippen LogP contribution < -0.4 is 5.32 Å². The number of rotatable bonds is 8. The first-order valence-corrected chi connectivity index (χ1v) is 11.5. The molecule has 7 nitrogen and oxygen atoms in total. The topological polar surface area (TPSA) is 92.5 Å². The van der Waals surface area contributed by atoms with E-state index in [-0.39, 0.29) is 10.8 Å². The van der Waals surface area contributed by atoms with Gasteiger partial charge in [-0.25, -0.2) is 17.7 Å². The van der Waals surface area contributed by atoms with Gasteiger partial charge in [0.05, 0.1) is 4.90 Å². The maximum absolute atomic E-state index is 12.6. The number of sulfonamides is 1. The molecule has 9 heteroatoms. The van der Waals surface area contributed by atoms with Crippen molar-refractivity contribution in [2.75, 3.05) is 18.9 Å². The first-order valence-electron chi connectivity index (χ1n) is 9.21. The monoisotopic (exact) mass is 433 g/mol. The molecular weight excluding hydrogens is 410 g/mol. The number of furan rings is 1. The molecule has 29 heavy (non-hydrogen) atoms. The Morgan fingerprint density at radius 3 is 2.55 bits per heavy atom. The summed E-state index contributed by atoms with van der Waals surface area (Å²) >= 11 is 1.29. The highest BCUT2D eigenvalue weighted by Gasteiger charge is 2.20. The van der Waals surface area contributed by atoms with Crippen LogP contribution in [-0.2, 0) is 10.0 Å². The van der Waals surface area contributed by atoms with Crippen molar-refractivity contribution >= 4 is 32.4 Å². The number of anilines is 1. The van der Waals surface area contributed by atoms with Crippen LogP contribution in [0.3, 0.4) is 0 Å². The Morgan fingerprint density at radius 2 is 1.93 bits per heavy atom. The van der Waals surface area contributed by atoms with Crippen molar-refractivity contribution in [2.24, 2.45) is 0 Å². The quantitative estimate of drug-likeness (QED) is 0.569. The number of hydrogen-bond acceptors (Lipinski definition) is 6. The first-order chi connectivity index (χ1) is 13.8. The van der Waals surface area contributed by atoms with Crippen molar-refractivity contribution in [3.8, 4) is 11.5 Å². The predicted molar refractivity (Wildman–Crippen MR) is 114 cm³/mol. The third-order valence-corrected chi connectivity index (χ3v) is 7.00. The minimum atomic E-state index is -3.56. The highest BCUT2D eigenvalue weighted by Crippen LogP contribution is 2.26. The molecule has 0 bridgehead atoms. The van der Waals surface area contributed by atoms with Crippen LogP contribution in [0.5, 0.6) is 0 Å². The molecule has 0 aliphatic heterocycles. The van der Waals surface area contributed by atoms with Gasteiger partial charge in [-0.15, -0.1) is 11.3 Å². The van der Waals surface area contributed by atoms with Gasteiger partial charge < -0.3 is 4.42 Å². The summed E-state index contributed by atoms with van der Waals surface area (Å²) < 4.78 is 32.0. The van der Waals surface area contributed by atoms with E-state index in [4.69, 9.17) is 4.42 Å². The molecule has 2 heterocycles. The van der Waals surface area contributed by atoms with Gasteiger partial charge in [0, 0.05) is 24.5 Å². The lowest BCUT2D eigenvalue weighted by atomic mass is 10.2. The Labute approximate surface area is 174 Å². The van der Waals surface area contributed by atoms with Crippen LogP contribution in [-0.4, -0.2) is 37.2 Å². The minimum absolute atomic E-state index is 0.164. The normalized spacial score (nSPS) is 11.7. The Hall–Kier alpha value is -2.49. The Kier molecular flexibility index (Phi) is 6.51. The zero-order chi connectivity index (χ0) is 21.0. The lowest BCUT2D eigenvalue weighted by molar-refractivity contribution is 0.102. The lowest BCUT2D eigenvalue weighted by Gasteiger charge is -2.16. The molecule has 1 N–H and O–H groups in total. The minimum Gasteiger partial charge on any atom is -0.460 e. The summed E-state index contributed by atoms with van der Waals surface area (Å²) in [6.07, 6.45) is 1.71. The molecule has 1 aromatic carbocycles. The summed E-state index contributed by atoms with van der Waals surface area (Å²) in [5.74, 6) is 1.07. The number of carbonyl (C=O) groups excluding carboxylic acids is 1. The highest BCUT2D eigenvalue weighted by atomic mass is 32.2. The summed E-state index contributed by atoms with van der Waals surface area (Å²) in [5.41, 5.74) is 1.00. The standard InChI is InChI=1S/C20H23N3O4S2/c1-4-5-12-23(3)29(25,26)16-9-7-15(8-10-16)19(24)22-20-21-17(13-28-20)18-11-6-14(2)27-18/h6-11,13H,4-5,12H2,1-3H3,(H,21,22,24). The van der Waals surface area contributed by atoms with Crippen LogP contribution in [0.1, 0.15) is 35.9 Å². The summed E-state index contributed by atoms with van der Waals surface area (Å²) in [6, 6.07) is 9.58. The molecule has 0 aliphatic rings. The molecule has 0 aliphatic carbocycles. The molecule has 0 saturated heterocycles. The summed E-state index contributed by atoms with van der Waals surface area (Å²) in [5, 5.41) is 4.97. The summed E-state index contributed by atoms with van der Waals surface area (Å²) in [6.45, 7) is 4.32. The summed E-state index contributed by atoms with van der Waals surface area (Å²) in [7, 11) is -2.00. The fraction of sp³-hybridized carbons (Fsp3) is 0.300. The molecule has 0 atom stereocenters. The van der Waals surface area contributed by atoms with Gasteiger partial charge in [0.2, 0.25) is 10.0 Å². The molecule has 3 aromatic rings. The summed E-state index contributed by atoms with van der Waals surface area (Å²) in [4.78, 5) is 17.0. The smallest absolute Gasteiger partial charge is 0.257 e. The zero-order valence-electron chi connectivity index (χ0n) is 16.5. The average molecular weight is 434 g/mol. The van der Waals surface area contributed by atoms with Crippen molar-refractivity contribution in [1.82, 2.24) is 9.29 Å². The second-order valence-electron chi connectivity index (χ2n) is 6.61. The second-order valence-corrected chi connectivity index (χ2v) is 9.51. The van der Waals surface area contributed by atoms with E-state index in [2.05, 4.69) is 10.3 Å². The van der Waals surface area contributed by atoms with Crippen molar-refractivity contribution in [3.05, 3.63) is 53.1 Å². The van der Waals surface area contributed by atoms with Gasteiger partial charge >= 0.3 is 0 Å². The first kappa shape index (κ1) is 21.2. The number of thiazole rings is 1. The number of unbranched alkanes of at least 4 members (excludes halogenated alkanes) is 1. The Bertz CT molecular complexity index is 1090. The number of nitrogens with zero attached hydrogens (tertiary/aromatic N) is 2. The SMILES string of the molecule is CCCCN(C)S(=O)(=O)c1ccc(C(=O)Nc2nc(-c3ccc(C)o3)cs2)cc1. The Morgan fingerprint density at radius 1 is 1.21 bits per heavy atom. The highest BCUT2D eigenvalue weighted by molar-refractivity contribution is 7.89. The lowest BCUT2D eigenvalue weighted by Crippen LogP contribution is -2.28. The number of amides is 1. The average Bonchev–Trinajstić information content (AvgIpc) is 3.35. The third kappa shape index (κ3) is 4.92. The number of aryl methyl sites for hydroxylation is 1. The molecule has 0 saturated carbocycles. The maximum atomic E-state index is 12.6. The van der Waals surface area contributed by atoms with Gasteiger partial charge in [0.15, 0.2) is 10.9 Å². The molecule has 2 aromatic heterocycles. The van der Waals surface area contributed by atoms with Gasteiger partial charge in [-0.05, 0) is 49.7 Å². The fourth-order valence-corrected chi connectivity index (χ4v) is 4.55. The van der Waals surface area contributed by atoms with Gasteiger partial charge in [0.25, 0.3) is 5.91 Å². The van der Waals surface area contributed by atoms with Crippen molar-refractivity contribution in [2.45, 2.75) is 31.6 Å². The van der Waals surface area contributed by atoms with E-state index in [1.54, 1.807) is 12.4 Å². The number of aromatic nitrogens is 1. The van der Waals surface area contributed by atoms with Gasteiger partial charge in [0.1, 0.15) is 11.5 Å². The number of nitrogens with one attached hydrogen (secondary N) is 1. The fourth-order valence-electron chi connectivity index (χ4n) is 2.64. The van der Waals surface area contributed by atoms with E-state index < -0.39 is 10.0 Å². The van der Waals surface area contributed by atoms with Crippen molar-refractivity contribution in [3.63, 3.8) is 0 Å². The van der Waals surface area contributed by atoms with E-state index >= 15 is 0 Å². The van der Waals surface area contributed by atoms with Crippen LogP contribution in [0.15, 0.2) is 51.1 Å². The molecule has 0 radical (unpaired) electrons. The van der Waals surface area contributed by atoms with Crippen molar-refractivity contribution < 1.29 is 17.6 Å². The third-order valence-electron chi connectivity index (χ3n) is 4.37. The van der Waals surface area contributed by atoms with Gasteiger partial charge in [-0.2, -0.15) is 0 Å². The van der Waals surface area contributed by atoms with E-state index in [0.29, 0.717) is 28.7 Å². The molecule has 0 unspecified atom stereocenters. The van der Waals surface area contributed by atoms with E-state index in [1.165, 1.54) is 39.9 Å². The van der Waals surface area contributed by atoms with Crippen LogP contribution >= 0.6 is 11.3 Å². The molecule has 154 valence electrons. The number of hydrogen-bond donors (Lipinski definition) is 1. The molecule has 1 amide bonds. The maximum Gasteiger partial charge on any atom is 0.257 e. The van der Waals surface area contributed by atoms with Crippen LogP contribution in [0.25, 0.3) is 11.5 Å². The van der Waals surface area contributed by atoms with E-state index in [9.17, 15) is 13.2 Å². The molecular formula is C20H23N3O4S2. The van der Waals surface area contributed by atoms with E-state index in [0.717, 1.165) is 18.6 Å². The second kappa shape index (κ2) is 8.89. The van der Waals surface area contributed by atoms with Gasteiger partial charge in [-0.1, -0.05) is 13.3 Å². The van der Waals surface area contributed by atoms with E-state index in [1.807, 2.05) is 26.0 Å². The predicted octanol–water partition coefficient (Wildman–Crippen LogP) is 4.38. The van der Waals surface area contributed by atoms with Crippen LogP contribution in [0.4, 0.5) is 5.13 Å². The van der Waals surface area contributed by atoms with Crippen molar-refractivity contribution in [1.29, 1.82) is 0 Å². The Balaban J connectivity index is 1.69. The number of carbonyl (C=O) groups is 1. The largest absolute Gasteiger partial charge is 0.460 e. The van der Waals surface area contributed by atoms with Gasteiger partial charge in [-0.3, -0.25) is 10.1 Å². The zero-order valence-corrected chi connectivity index (χ0v) is 18.1. The molecule has 3 rings (SSSR count). The molecule has 0 spiro atoms. The number of benzene rings is 1. The molecule has 0 fully saturated rings.